The maximum absolute atomic E-state index is 14.1. The van der Waals surface area contributed by atoms with Crippen LogP contribution in [0.5, 0.6) is 0 Å². The molecule has 3 saturated carbocycles. The first-order valence-corrected chi connectivity index (χ1v) is 11.2. The predicted molar refractivity (Wildman–Crippen MR) is 105 cm³/mol. The highest BCUT2D eigenvalue weighted by molar-refractivity contribution is 5.87. The Bertz CT molecular complexity index is 823. The molecule has 1 spiro atoms. The van der Waals surface area contributed by atoms with Gasteiger partial charge in [0.1, 0.15) is 6.17 Å². The van der Waals surface area contributed by atoms with Gasteiger partial charge in [0.05, 0.1) is 30.7 Å². The Hall–Kier alpha value is -1.96. The van der Waals surface area contributed by atoms with E-state index >= 15 is 0 Å². The van der Waals surface area contributed by atoms with E-state index in [0.717, 1.165) is 37.9 Å². The molecular weight excluding hydrogens is 389 g/mol. The largest absolute Gasteiger partial charge is 0.465 e. The topological polar surface area (TPSA) is 93.5 Å². The maximum atomic E-state index is 14.1. The second kappa shape index (κ2) is 7.62. The molecule has 164 valence electrons. The number of alkyl halides is 1. The van der Waals surface area contributed by atoms with Crippen molar-refractivity contribution in [2.24, 2.45) is 35.0 Å². The van der Waals surface area contributed by atoms with Crippen molar-refractivity contribution in [3.05, 3.63) is 17.5 Å². The minimum Gasteiger partial charge on any atom is -0.465 e. The van der Waals surface area contributed by atoms with Crippen LogP contribution in [0.15, 0.2) is 10.6 Å². The summed E-state index contributed by atoms with van der Waals surface area (Å²) in [5, 5.41) is 9.82. The number of rotatable bonds is 6. The molecule has 1 saturated heterocycles. The number of carbonyl (C=O) groups is 2. The van der Waals surface area contributed by atoms with E-state index in [1.165, 1.54) is 0 Å². The van der Waals surface area contributed by atoms with Gasteiger partial charge in [0.25, 0.3) is 0 Å². The monoisotopic (exact) mass is 419 g/mol. The van der Waals surface area contributed by atoms with Gasteiger partial charge in [-0.25, -0.2) is 4.39 Å². The molecule has 0 radical (unpaired) electrons. The van der Waals surface area contributed by atoms with E-state index in [-0.39, 0.29) is 54.1 Å². The number of aromatic nitrogens is 1. The molecule has 4 aliphatic rings. The number of esters is 1. The van der Waals surface area contributed by atoms with Crippen molar-refractivity contribution < 1.29 is 23.2 Å². The second-order valence-corrected chi connectivity index (χ2v) is 9.63. The van der Waals surface area contributed by atoms with Gasteiger partial charge in [-0.15, -0.1) is 0 Å². The first-order chi connectivity index (χ1) is 14.5. The lowest BCUT2D eigenvalue weighted by atomic mass is 9.78. The van der Waals surface area contributed by atoms with Crippen LogP contribution in [0, 0.1) is 41.9 Å². The van der Waals surface area contributed by atoms with Crippen molar-refractivity contribution in [1.29, 1.82) is 0 Å². The van der Waals surface area contributed by atoms with E-state index < -0.39 is 12.1 Å². The first-order valence-electron chi connectivity index (χ1n) is 11.2. The number of piperidine rings is 1. The molecule has 7 nitrogen and oxygen atoms in total. The van der Waals surface area contributed by atoms with Crippen LogP contribution in [0.25, 0.3) is 0 Å². The van der Waals surface area contributed by atoms with Gasteiger partial charge in [0.15, 0.2) is 5.76 Å². The van der Waals surface area contributed by atoms with Crippen LogP contribution in [0.2, 0.25) is 0 Å². The Kier molecular flexibility index (Phi) is 5.08. The summed E-state index contributed by atoms with van der Waals surface area (Å²) in [5.41, 5.74) is 0.910. The van der Waals surface area contributed by atoms with E-state index in [1.54, 1.807) is 6.07 Å². The molecule has 1 aromatic heterocycles. The van der Waals surface area contributed by atoms with E-state index in [4.69, 9.17) is 9.26 Å². The number of hydrogen-bond donors (Lipinski definition) is 2. The molecule has 3 aliphatic carbocycles. The van der Waals surface area contributed by atoms with Crippen LogP contribution in [0.1, 0.15) is 43.6 Å². The van der Waals surface area contributed by atoms with Gasteiger partial charge >= 0.3 is 5.97 Å². The zero-order valence-electron chi connectivity index (χ0n) is 17.4. The fourth-order valence-electron chi connectivity index (χ4n) is 6.47. The van der Waals surface area contributed by atoms with Crippen molar-refractivity contribution in [1.82, 2.24) is 15.8 Å². The molecule has 8 heteroatoms. The van der Waals surface area contributed by atoms with Gasteiger partial charge in [0.2, 0.25) is 5.91 Å². The second-order valence-electron chi connectivity index (χ2n) is 9.63. The first kappa shape index (κ1) is 20.0. The molecule has 2 bridgehead atoms. The van der Waals surface area contributed by atoms with Crippen LogP contribution in [-0.2, 0) is 20.9 Å². The highest BCUT2D eigenvalue weighted by Gasteiger charge is 2.72. The standard InChI is InChI=1S/C22H30FN3O4/c1-12-8-14(30-26-12)9-25-20(27)18-15-2-3-16(22(15)5-6-22)19(18)21(28)29-11-13-4-7-24-10-17(13)23/h8,13,15-19,24H,2-7,9-11H2,1H3,(H,25,27)/t13-,15+,16-,17+,18-,19-/m1/s1. The number of aryl methyl sites for hydroxylation is 1. The third kappa shape index (κ3) is 3.33. The Labute approximate surface area is 175 Å². The lowest BCUT2D eigenvalue weighted by Gasteiger charge is -2.30. The van der Waals surface area contributed by atoms with Crippen molar-refractivity contribution in [2.75, 3.05) is 19.7 Å². The van der Waals surface area contributed by atoms with E-state index in [1.807, 2.05) is 6.92 Å². The van der Waals surface area contributed by atoms with Crippen LogP contribution in [-0.4, -0.2) is 42.9 Å². The van der Waals surface area contributed by atoms with Gasteiger partial charge in [-0.2, -0.15) is 0 Å². The molecule has 2 N–H and O–H groups in total. The fourth-order valence-corrected chi connectivity index (χ4v) is 6.47. The van der Waals surface area contributed by atoms with Gasteiger partial charge in [-0.3, -0.25) is 9.59 Å². The predicted octanol–water partition coefficient (Wildman–Crippen LogP) is 2.14. The summed E-state index contributed by atoms with van der Waals surface area (Å²) < 4.78 is 24.9. The SMILES string of the molecule is Cc1cc(CNC(=O)[C@H]2[C@H](C(=O)OC[C@H]3CCNC[C@@H]3F)[C@H]3CC[C@@H]2C32CC2)on1. The van der Waals surface area contributed by atoms with E-state index in [0.29, 0.717) is 18.7 Å². The minimum atomic E-state index is -0.995. The summed E-state index contributed by atoms with van der Waals surface area (Å²) in [5.74, 6) is -0.393. The molecular formula is C22H30FN3O4. The van der Waals surface area contributed by atoms with Crippen molar-refractivity contribution in [3.63, 3.8) is 0 Å². The van der Waals surface area contributed by atoms with Crippen LogP contribution < -0.4 is 10.6 Å². The number of carbonyl (C=O) groups excluding carboxylic acids is 2. The third-order valence-electron chi connectivity index (χ3n) is 8.02. The Morgan fingerprint density at radius 1 is 1.30 bits per heavy atom. The molecule has 2 heterocycles. The van der Waals surface area contributed by atoms with E-state index in [9.17, 15) is 14.0 Å². The zero-order valence-corrected chi connectivity index (χ0v) is 17.4. The summed E-state index contributed by atoms with van der Waals surface area (Å²) in [6, 6.07) is 1.79. The van der Waals surface area contributed by atoms with Crippen LogP contribution in [0.4, 0.5) is 4.39 Å². The summed E-state index contributed by atoms with van der Waals surface area (Å²) >= 11 is 0. The zero-order chi connectivity index (χ0) is 20.9. The average molecular weight is 419 g/mol. The van der Waals surface area contributed by atoms with E-state index in [2.05, 4.69) is 15.8 Å². The van der Waals surface area contributed by atoms with Crippen molar-refractivity contribution >= 4 is 11.9 Å². The van der Waals surface area contributed by atoms with Crippen LogP contribution in [0.3, 0.4) is 0 Å². The Morgan fingerprint density at radius 2 is 2.07 bits per heavy atom. The number of nitrogens with one attached hydrogen (secondary N) is 2. The summed E-state index contributed by atoms with van der Waals surface area (Å²) in [4.78, 5) is 26.3. The number of amides is 1. The maximum Gasteiger partial charge on any atom is 0.310 e. The molecule has 30 heavy (non-hydrogen) atoms. The minimum absolute atomic E-state index is 0.102. The molecule has 0 unspecified atom stereocenters. The van der Waals surface area contributed by atoms with Gasteiger partial charge in [0, 0.05) is 18.5 Å². The molecule has 1 aromatic rings. The van der Waals surface area contributed by atoms with Crippen molar-refractivity contribution in [2.45, 2.75) is 51.7 Å². The van der Waals surface area contributed by atoms with Gasteiger partial charge in [-0.1, -0.05) is 5.16 Å². The number of ether oxygens (including phenoxy) is 1. The Morgan fingerprint density at radius 3 is 2.73 bits per heavy atom. The highest BCUT2D eigenvalue weighted by Crippen LogP contribution is 2.74. The molecule has 5 rings (SSSR count). The number of halogens is 1. The lowest BCUT2D eigenvalue weighted by molar-refractivity contribution is -0.157. The average Bonchev–Trinajstić information content (AvgIpc) is 3.22. The summed E-state index contributed by atoms with van der Waals surface area (Å²) in [7, 11) is 0. The fraction of sp³-hybridized carbons (Fsp3) is 0.773. The van der Waals surface area contributed by atoms with Crippen LogP contribution >= 0.6 is 0 Å². The smallest absolute Gasteiger partial charge is 0.310 e. The third-order valence-corrected chi connectivity index (χ3v) is 8.02. The molecule has 6 atom stereocenters. The lowest BCUT2D eigenvalue weighted by Crippen LogP contribution is -2.43. The highest BCUT2D eigenvalue weighted by atomic mass is 19.1. The van der Waals surface area contributed by atoms with Gasteiger partial charge < -0.3 is 19.9 Å². The molecule has 1 amide bonds. The number of hydrogen-bond acceptors (Lipinski definition) is 6. The summed E-state index contributed by atoms with van der Waals surface area (Å²) in [6.45, 7) is 3.25. The molecule has 1 aliphatic heterocycles. The number of nitrogens with zero attached hydrogens (tertiary/aromatic N) is 1. The molecule has 0 aromatic carbocycles. The normalized spacial score (nSPS) is 36.1. The Balaban J connectivity index is 1.27. The van der Waals surface area contributed by atoms with Gasteiger partial charge in [-0.05, 0) is 62.8 Å². The molecule has 4 fully saturated rings. The van der Waals surface area contributed by atoms with Crippen molar-refractivity contribution in [3.8, 4) is 0 Å². The quantitative estimate of drug-likeness (QED) is 0.687. The summed E-state index contributed by atoms with van der Waals surface area (Å²) in [6.07, 6.45) is 3.83.